The van der Waals surface area contributed by atoms with Gasteiger partial charge in [-0.2, -0.15) is 5.10 Å². The predicted molar refractivity (Wildman–Crippen MR) is 155 cm³/mol. The minimum atomic E-state index is -1.45. The Morgan fingerprint density at radius 3 is 2.61 bits per heavy atom. The molecule has 3 N–H and O–H groups in total. The fraction of sp³-hybridized carbons (Fsp3) is 0.630. The van der Waals surface area contributed by atoms with E-state index in [0.29, 0.717) is 17.3 Å². The van der Waals surface area contributed by atoms with Crippen LogP contribution in [-0.4, -0.2) is 73.4 Å². The Morgan fingerprint density at radius 2 is 1.93 bits per heavy atom. The molecule has 224 valence electrons. The van der Waals surface area contributed by atoms with E-state index in [1.54, 1.807) is 20.8 Å². The number of carboxylic acids is 1. The second-order valence-electron chi connectivity index (χ2n) is 11.8. The molecule has 3 amide bonds. The summed E-state index contributed by atoms with van der Waals surface area (Å²) in [5.74, 6) is -2.64. The number of allylic oxidation sites excluding steroid dienone is 1. The molecule has 2 fully saturated rings. The Morgan fingerprint density at radius 1 is 1.20 bits per heavy atom. The van der Waals surface area contributed by atoms with Crippen molar-refractivity contribution in [3.8, 4) is 0 Å². The van der Waals surface area contributed by atoms with Gasteiger partial charge in [-0.15, -0.1) is 0 Å². The van der Waals surface area contributed by atoms with E-state index < -0.39 is 58.7 Å². The number of nitrogens with zero attached hydrogens (tertiary/aromatic N) is 3. The lowest BCUT2D eigenvalue weighted by atomic mass is 10.0. The highest BCUT2D eigenvalue weighted by atomic mass is 79.9. The topological polar surface area (TPSA) is 160 Å². The van der Waals surface area contributed by atoms with E-state index in [4.69, 9.17) is 4.74 Å². The van der Waals surface area contributed by atoms with E-state index in [0.717, 1.165) is 19.3 Å². The number of hydrogen-bond donors (Lipinski definition) is 3. The van der Waals surface area contributed by atoms with Crippen LogP contribution in [0.2, 0.25) is 0 Å². The van der Waals surface area contributed by atoms with Gasteiger partial charge in [0.1, 0.15) is 27.7 Å². The second kappa shape index (κ2) is 12.2. The zero-order valence-electron chi connectivity index (χ0n) is 23.2. The summed E-state index contributed by atoms with van der Waals surface area (Å²) in [4.78, 5) is 67.0. The average Bonchev–Trinajstić information content (AvgIpc) is 3.40. The molecule has 12 nitrogen and oxygen atoms in total. The summed E-state index contributed by atoms with van der Waals surface area (Å²) in [6.07, 6.45) is 8.04. The number of alkyl carbamates (subject to hydrolysis) is 1. The monoisotopic (exact) mass is 699 g/mol. The fourth-order valence-corrected chi connectivity index (χ4v) is 5.93. The summed E-state index contributed by atoms with van der Waals surface area (Å²) in [5, 5.41) is 19.6. The Balaban J connectivity index is 1.69. The van der Waals surface area contributed by atoms with Gasteiger partial charge in [-0.3, -0.25) is 14.4 Å². The SMILES string of the molecule is CC(C)(C)OC(=O)N[C@H]1CCCCC/C=C\[C@H]2C[C@@]2(C(=O)O)NC(=O)[C@@H]2C[C@H](n3ncc(Br)c(Br)c3=O)CN2C1=O. The number of aliphatic carboxylic acids is 1. The molecule has 1 aliphatic carbocycles. The molecule has 3 heterocycles. The first-order valence-corrected chi connectivity index (χ1v) is 15.3. The van der Waals surface area contributed by atoms with Gasteiger partial charge < -0.3 is 25.4 Å². The van der Waals surface area contributed by atoms with Crippen molar-refractivity contribution in [1.82, 2.24) is 25.3 Å². The first-order valence-electron chi connectivity index (χ1n) is 13.7. The molecule has 0 spiro atoms. The van der Waals surface area contributed by atoms with Crippen LogP contribution in [-0.2, 0) is 19.1 Å². The molecule has 5 atom stereocenters. The van der Waals surface area contributed by atoms with Gasteiger partial charge >= 0.3 is 12.1 Å². The maximum absolute atomic E-state index is 14.0. The maximum Gasteiger partial charge on any atom is 0.408 e. The summed E-state index contributed by atoms with van der Waals surface area (Å²) >= 11 is 6.50. The van der Waals surface area contributed by atoms with Crippen LogP contribution in [0, 0.1) is 5.92 Å². The lowest BCUT2D eigenvalue weighted by molar-refractivity contribution is -0.145. The summed E-state index contributed by atoms with van der Waals surface area (Å²) in [6.45, 7) is 5.12. The van der Waals surface area contributed by atoms with E-state index in [-0.39, 0.29) is 29.8 Å². The van der Waals surface area contributed by atoms with Crippen molar-refractivity contribution in [1.29, 1.82) is 0 Å². The molecule has 0 unspecified atom stereocenters. The molecule has 1 aromatic rings. The normalized spacial score (nSPS) is 29.7. The number of amides is 3. The van der Waals surface area contributed by atoms with Gasteiger partial charge in [0.2, 0.25) is 11.8 Å². The molecule has 14 heteroatoms. The largest absolute Gasteiger partial charge is 0.479 e. The van der Waals surface area contributed by atoms with Crippen LogP contribution >= 0.6 is 31.9 Å². The standard InChI is InChI=1S/C27H35Br2N5O7/c1-26(2,3)41-25(40)31-18-10-8-6-4-5-7-9-15-12-27(15,24(38)39)32-21(35)19-11-16(14-33(19)22(18)36)34-23(37)20(29)17(28)13-30-34/h7,9,13,15-16,18-19H,4-6,8,10-12,14H2,1-3H3,(H,31,40)(H,32,35)(H,38,39)/b9-7-/t15-,16-,18-,19-,27+/m0/s1. The molecule has 1 aromatic heterocycles. The summed E-state index contributed by atoms with van der Waals surface area (Å²) in [7, 11) is 0. The second-order valence-corrected chi connectivity index (χ2v) is 13.4. The third-order valence-corrected chi connectivity index (χ3v) is 9.47. The smallest absolute Gasteiger partial charge is 0.408 e. The van der Waals surface area contributed by atoms with Crippen LogP contribution in [0.5, 0.6) is 0 Å². The number of carboxylic acid groups (broad SMARTS) is 1. The first-order chi connectivity index (χ1) is 19.2. The summed E-state index contributed by atoms with van der Waals surface area (Å²) in [5.41, 5.74) is -2.68. The van der Waals surface area contributed by atoms with Crippen molar-refractivity contribution in [3.63, 3.8) is 0 Å². The minimum Gasteiger partial charge on any atom is -0.479 e. The molecule has 3 aliphatic rings. The average molecular weight is 701 g/mol. The Hall–Kier alpha value is -2.74. The van der Waals surface area contributed by atoms with Crippen LogP contribution in [0.3, 0.4) is 0 Å². The Bertz CT molecular complexity index is 1310. The number of nitrogens with one attached hydrogen (secondary N) is 2. The predicted octanol–water partition coefficient (Wildman–Crippen LogP) is 3.28. The lowest BCUT2D eigenvalue weighted by Gasteiger charge is -2.30. The van der Waals surface area contributed by atoms with Crippen molar-refractivity contribution in [3.05, 3.63) is 37.6 Å². The molecule has 1 saturated carbocycles. The Labute approximate surface area is 254 Å². The van der Waals surface area contributed by atoms with E-state index in [2.05, 4.69) is 47.6 Å². The van der Waals surface area contributed by atoms with Crippen molar-refractivity contribution >= 4 is 55.7 Å². The highest BCUT2D eigenvalue weighted by molar-refractivity contribution is 9.13. The van der Waals surface area contributed by atoms with Gasteiger partial charge in [0.15, 0.2) is 0 Å². The Kier molecular flexibility index (Phi) is 9.32. The quantitative estimate of drug-likeness (QED) is 0.405. The van der Waals surface area contributed by atoms with Gasteiger partial charge in [-0.1, -0.05) is 25.0 Å². The third-order valence-electron chi connectivity index (χ3n) is 7.58. The van der Waals surface area contributed by atoms with Crippen molar-refractivity contribution in [2.45, 2.75) is 95.0 Å². The zero-order valence-corrected chi connectivity index (χ0v) is 26.4. The number of ether oxygens (including phenoxy) is 1. The molecule has 1 saturated heterocycles. The number of carbonyl (C=O) groups excluding carboxylic acids is 3. The third kappa shape index (κ3) is 7.02. The van der Waals surface area contributed by atoms with Crippen molar-refractivity contribution < 1.29 is 29.0 Å². The molecule has 2 aliphatic heterocycles. The maximum atomic E-state index is 14.0. The molecular weight excluding hydrogens is 666 g/mol. The van der Waals surface area contributed by atoms with Crippen molar-refractivity contribution in [2.24, 2.45) is 5.92 Å². The van der Waals surface area contributed by atoms with E-state index in [9.17, 15) is 29.1 Å². The lowest BCUT2D eigenvalue weighted by Crippen LogP contribution is -2.56. The van der Waals surface area contributed by atoms with Crippen LogP contribution in [0.15, 0.2) is 32.1 Å². The van der Waals surface area contributed by atoms with Gasteiger partial charge in [-0.25, -0.2) is 14.3 Å². The number of aromatic nitrogens is 2. The molecule has 0 radical (unpaired) electrons. The highest BCUT2D eigenvalue weighted by Crippen LogP contribution is 2.45. The fourth-order valence-electron chi connectivity index (χ4n) is 5.39. The number of rotatable bonds is 3. The zero-order chi connectivity index (χ0) is 30.1. The van der Waals surface area contributed by atoms with E-state index in [1.807, 2.05) is 12.2 Å². The van der Waals surface area contributed by atoms with Crippen LogP contribution < -0.4 is 16.2 Å². The number of fused-ring (bicyclic) bond motifs is 2. The molecule has 41 heavy (non-hydrogen) atoms. The minimum absolute atomic E-state index is 0.0339. The molecule has 0 aromatic carbocycles. The highest BCUT2D eigenvalue weighted by Gasteiger charge is 2.61. The van der Waals surface area contributed by atoms with Crippen LogP contribution in [0.4, 0.5) is 4.79 Å². The molecule has 0 bridgehead atoms. The molecule has 4 rings (SSSR count). The van der Waals surface area contributed by atoms with Crippen LogP contribution in [0.25, 0.3) is 0 Å². The van der Waals surface area contributed by atoms with Crippen LogP contribution in [0.1, 0.15) is 71.8 Å². The van der Waals surface area contributed by atoms with Gasteiger partial charge in [0.25, 0.3) is 5.56 Å². The summed E-state index contributed by atoms with van der Waals surface area (Å²) < 4.78 is 7.31. The van der Waals surface area contributed by atoms with Gasteiger partial charge in [0.05, 0.1) is 16.7 Å². The van der Waals surface area contributed by atoms with E-state index in [1.165, 1.54) is 15.8 Å². The molecular formula is C27H35Br2N5O7. The summed E-state index contributed by atoms with van der Waals surface area (Å²) in [6, 6.07) is -2.73. The van der Waals surface area contributed by atoms with Gasteiger partial charge in [0, 0.05) is 18.9 Å². The number of hydrogen-bond acceptors (Lipinski definition) is 7. The first kappa shape index (κ1) is 31.2. The van der Waals surface area contributed by atoms with E-state index >= 15 is 0 Å². The van der Waals surface area contributed by atoms with Crippen molar-refractivity contribution in [2.75, 3.05) is 6.54 Å². The van der Waals surface area contributed by atoms with Gasteiger partial charge in [-0.05, 0) is 78.3 Å². The number of halogens is 2. The number of carbonyl (C=O) groups is 4.